The second-order valence-corrected chi connectivity index (χ2v) is 3.80. The van der Waals surface area contributed by atoms with E-state index in [1.165, 1.54) is 4.90 Å². The van der Waals surface area contributed by atoms with Crippen LogP contribution in [-0.4, -0.2) is 53.6 Å². The highest BCUT2D eigenvalue weighted by atomic mass is 16.4. The van der Waals surface area contributed by atoms with Crippen LogP contribution in [0.25, 0.3) is 0 Å². The molecule has 17 heavy (non-hydrogen) atoms. The molecule has 1 rings (SSSR count). The van der Waals surface area contributed by atoms with Gasteiger partial charge in [-0.25, -0.2) is 9.59 Å². The molecule has 0 spiro atoms. The fourth-order valence-corrected chi connectivity index (χ4v) is 1.78. The molecule has 0 aromatic rings. The molecule has 3 amide bonds. The van der Waals surface area contributed by atoms with Crippen molar-refractivity contribution in [3.63, 3.8) is 0 Å². The molecule has 1 heterocycles. The van der Waals surface area contributed by atoms with E-state index in [1.54, 1.807) is 6.92 Å². The summed E-state index contributed by atoms with van der Waals surface area (Å²) < 4.78 is 0. The summed E-state index contributed by atoms with van der Waals surface area (Å²) in [4.78, 5) is 34.9. The number of amides is 3. The number of carboxylic acid groups (broad SMARTS) is 1. The Labute approximate surface area is 99.2 Å². The number of hydrogen-bond acceptors (Lipinski definition) is 3. The van der Waals surface area contributed by atoms with Gasteiger partial charge in [0.15, 0.2) is 0 Å². The first kappa shape index (κ1) is 13.3. The van der Waals surface area contributed by atoms with Crippen molar-refractivity contribution in [2.75, 3.05) is 19.6 Å². The average molecular weight is 243 g/mol. The summed E-state index contributed by atoms with van der Waals surface area (Å²) in [6.07, 6.45) is 1.13. The van der Waals surface area contributed by atoms with Crippen molar-refractivity contribution >= 4 is 17.9 Å². The highest BCUT2D eigenvalue weighted by Gasteiger charge is 2.33. The van der Waals surface area contributed by atoms with Crippen molar-refractivity contribution in [3.8, 4) is 0 Å². The molecule has 96 valence electrons. The molecule has 1 atom stereocenters. The third kappa shape index (κ3) is 3.61. The van der Waals surface area contributed by atoms with Gasteiger partial charge in [0, 0.05) is 13.1 Å². The van der Waals surface area contributed by atoms with Crippen LogP contribution in [0.3, 0.4) is 0 Å². The third-order valence-corrected chi connectivity index (χ3v) is 2.57. The molecule has 7 heteroatoms. The summed E-state index contributed by atoms with van der Waals surface area (Å²) in [5.74, 6) is -1.29. The van der Waals surface area contributed by atoms with Gasteiger partial charge in [-0.2, -0.15) is 0 Å². The molecule has 1 aliphatic heterocycles. The first-order valence-corrected chi connectivity index (χ1v) is 5.60. The quantitative estimate of drug-likeness (QED) is 0.613. The van der Waals surface area contributed by atoms with Gasteiger partial charge >= 0.3 is 12.0 Å². The van der Waals surface area contributed by atoms with Crippen LogP contribution < -0.4 is 10.6 Å². The molecule has 0 radical (unpaired) electrons. The Morgan fingerprint density at radius 1 is 1.35 bits per heavy atom. The van der Waals surface area contributed by atoms with E-state index < -0.39 is 18.0 Å². The van der Waals surface area contributed by atoms with Crippen LogP contribution in [0.5, 0.6) is 0 Å². The third-order valence-electron chi connectivity index (χ3n) is 2.57. The van der Waals surface area contributed by atoms with Crippen molar-refractivity contribution < 1.29 is 19.5 Å². The van der Waals surface area contributed by atoms with Crippen molar-refractivity contribution in [1.29, 1.82) is 0 Å². The van der Waals surface area contributed by atoms with Gasteiger partial charge in [-0.05, 0) is 19.8 Å². The van der Waals surface area contributed by atoms with Gasteiger partial charge in [0.25, 0.3) is 0 Å². The molecule has 0 bridgehead atoms. The highest BCUT2D eigenvalue weighted by molar-refractivity contribution is 5.87. The van der Waals surface area contributed by atoms with Crippen LogP contribution in [0.2, 0.25) is 0 Å². The number of likely N-dealkylation sites (N-methyl/N-ethyl adjacent to an activating group) is 1. The van der Waals surface area contributed by atoms with E-state index in [2.05, 4.69) is 10.6 Å². The number of rotatable bonds is 4. The molecule has 0 unspecified atom stereocenters. The summed E-state index contributed by atoms with van der Waals surface area (Å²) in [6, 6.07) is -1.27. The minimum absolute atomic E-state index is 0.129. The fraction of sp³-hybridized carbons (Fsp3) is 0.700. The maximum atomic E-state index is 11.6. The van der Waals surface area contributed by atoms with Crippen molar-refractivity contribution in [2.24, 2.45) is 0 Å². The standard InChI is InChI=1S/C10H17N3O4/c1-2-11-8(14)6-12-10(17)13-5-3-4-7(13)9(15)16/h7H,2-6H2,1H3,(H,11,14)(H,12,17)(H,15,16)/t7-/m0/s1. The van der Waals surface area contributed by atoms with Gasteiger partial charge < -0.3 is 20.6 Å². The van der Waals surface area contributed by atoms with Gasteiger partial charge in [-0.3, -0.25) is 4.79 Å². The molecule has 1 fully saturated rings. The SMILES string of the molecule is CCNC(=O)CNC(=O)N1CCC[C@H]1C(=O)O. The van der Waals surface area contributed by atoms with E-state index in [-0.39, 0.29) is 12.5 Å². The van der Waals surface area contributed by atoms with Gasteiger partial charge in [0.2, 0.25) is 5.91 Å². The van der Waals surface area contributed by atoms with Crippen molar-refractivity contribution in [1.82, 2.24) is 15.5 Å². The van der Waals surface area contributed by atoms with Gasteiger partial charge in [0.1, 0.15) is 6.04 Å². The number of likely N-dealkylation sites (tertiary alicyclic amines) is 1. The number of carboxylic acids is 1. The zero-order valence-corrected chi connectivity index (χ0v) is 9.73. The first-order valence-electron chi connectivity index (χ1n) is 5.60. The molecular weight excluding hydrogens is 226 g/mol. The molecule has 1 aliphatic rings. The van der Waals surface area contributed by atoms with Crippen molar-refractivity contribution in [2.45, 2.75) is 25.8 Å². The van der Waals surface area contributed by atoms with E-state index in [1.807, 2.05) is 0 Å². The molecule has 0 saturated carbocycles. The Morgan fingerprint density at radius 3 is 2.65 bits per heavy atom. The Bertz CT molecular complexity index is 319. The average Bonchev–Trinajstić information content (AvgIpc) is 2.75. The Hall–Kier alpha value is -1.79. The molecule has 7 nitrogen and oxygen atoms in total. The smallest absolute Gasteiger partial charge is 0.326 e. The topological polar surface area (TPSA) is 98.7 Å². The molecule has 3 N–H and O–H groups in total. The van der Waals surface area contributed by atoms with Crippen LogP contribution in [0, 0.1) is 0 Å². The number of nitrogens with zero attached hydrogens (tertiary/aromatic N) is 1. The summed E-state index contributed by atoms with van der Waals surface area (Å²) in [6.45, 7) is 2.56. The van der Waals surface area contributed by atoms with Crippen LogP contribution in [0.4, 0.5) is 4.79 Å². The van der Waals surface area contributed by atoms with Crippen LogP contribution in [-0.2, 0) is 9.59 Å². The predicted molar refractivity (Wildman–Crippen MR) is 59.4 cm³/mol. The molecule has 0 aliphatic carbocycles. The van der Waals surface area contributed by atoms with Crippen LogP contribution >= 0.6 is 0 Å². The molecule has 0 aromatic heterocycles. The summed E-state index contributed by atoms with van der Waals surface area (Å²) in [5, 5.41) is 13.8. The summed E-state index contributed by atoms with van der Waals surface area (Å²) in [5.41, 5.74) is 0. The number of carbonyl (C=O) groups excluding carboxylic acids is 2. The number of carbonyl (C=O) groups is 3. The monoisotopic (exact) mass is 243 g/mol. The number of urea groups is 1. The largest absolute Gasteiger partial charge is 0.480 e. The van der Waals surface area contributed by atoms with E-state index in [0.29, 0.717) is 25.9 Å². The normalized spacial score (nSPS) is 18.9. The first-order chi connectivity index (χ1) is 8.06. The number of aliphatic carboxylic acids is 1. The second kappa shape index (κ2) is 6.07. The lowest BCUT2D eigenvalue weighted by Crippen LogP contribution is -2.48. The number of hydrogen-bond donors (Lipinski definition) is 3. The highest BCUT2D eigenvalue weighted by Crippen LogP contribution is 2.16. The maximum absolute atomic E-state index is 11.6. The second-order valence-electron chi connectivity index (χ2n) is 3.80. The van der Waals surface area contributed by atoms with Gasteiger partial charge in [-0.1, -0.05) is 0 Å². The lowest BCUT2D eigenvalue weighted by atomic mass is 10.2. The van der Waals surface area contributed by atoms with Crippen LogP contribution in [0.1, 0.15) is 19.8 Å². The zero-order valence-electron chi connectivity index (χ0n) is 9.73. The molecule has 1 saturated heterocycles. The zero-order chi connectivity index (χ0) is 12.8. The summed E-state index contributed by atoms with van der Waals surface area (Å²) in [7, 11) is 0. The molecular formula is C10H17N3O4. The van der Waals surface area contributed by atoms with Gasteiger partial charge in [-0.15, -0.1) is 0 Å². The van der Waals surface area contributed by atoms with Crippen LogP contribution in [0.15, 0.2) is 0 Å². The Kier molecular flexibility index (Phi) is 4.74. The Balaban J connectivity index is 2.42. The van der Waals surface area contributed by atoms with E-state index in [0.717, 1.165) is 0 Å². The maximum Gasteiger partial charge on any atom is 0.326 e. The summed E-state index contributed by atoms with van der Waals surface area (Å²) >= 11 is 0. The number of nitrogens with one attached hydrogen (secondary N) is 2. The fourth-order valence-electron chi connectivity index (χ4n) is 1.78. The molecule has 0 aromatic carbocycles. The van der Waals surface area contributed by atoms with E-state index in [9.17, 15) is 14.4 Å². The van der Waals surface area contributed by atoms with E-state index >= 15 is 0 Å². The van der Waals surface area contributed by atoms with Gasteiger partial charge in [0.05, 0.1) is 6.54 Å². The minimum Gasteiger partial charge on any atom is -0.480 e. The predicted octanol–water partition coefficient (Wildman–Crippen LogP) is -0.619. The van der Waals surface area contributed by atoms with Crippen molar-refractivity contribution in [3.05, 3.63) is 0 Å². The minimum atomic E-state index is -1.00. The Morgan fingerprint density at radius 2 is 2.06 bits per heavy atom. The lowest BCUT2D eigenvalue weighted by Gasteiger charge is -2.21. The van der Waals surface area contributed by atoms with E-state index in [4.69, 9.17) is 5.11 Å². The lowest BCUT2D eigenvalue weighted by molar-refractivity contribution is -0.141.